The average molecular weight is 456 g/mol. The van der Waals surface area contributed by atoms with Crippen LogP contribution >= 0.6 is 35.4 Å². The highest BCUT2D eigenvalue weighted by Crippen LogP contribution is 2.41. The van der Waals surface area contributed by atoms with E-state index in [9.17, 15) is 0 Å². The van der Waals surface area contributed by atoms with Crippen molar-refractivity contribution in [2.24, 2.45) is 0 Å². The molecule has 0 aromatic heterocycles. The fraction of sp³-hybridized carbons (Fsp3) is 0.350. The molecule has 6 nitrogen and oxygen atoms in total. The first-order chi connectivity index (χ1) is 14.0. The van der Waals surface area contributed by atoms with Crippen molar-refractivity contribution in [3.63, 3.8) is 0 Å². The number of piperazine rings is 1. The van der Waals surface area contributed by atoms with E-state index in [1.165, 1.54) is 0 Å². The molecule has 1 aliphatic heterocycles. The number of thiocarbonyl (C=S) groups is 1. The zero-order chi connectivity index (χ0) is 21.0. The number of anilines is 2. The van der Waals surface area contributed by atoms with Crippen molar-refractivity contribution in [2.45, 2.75) is 0 Å². The lowest BCUT2D eigenvalue weighted by atomic mass is 10.2. The topological polar surface area (TPSA) is 46.2 Å². The molecule has 1 saturated heterocycles. The second-order valence-corrected chi connectivity index (χ2v) is 7.64. The minimum absolute atomic E-state index is 0.538. The smallest absolute Gasteiger partial charge is 0.203 e. The van der Waals surface area contributed by atoms with Crippen LogP contribution in [0.15, 0.2) is 30.3 Å². The van der Waals surface area contributed by atoms with E-state index >= 15 is 0 Å². The third-order valence-corrected chi connectivity index (χ3v) is 5.66. The van der Waals surface area contributed by atoms with E-state index < -0.39 is 0 Å². The Bertz CT molecular complexity index is 864. The van der Waals surface area contributed by atoms with Crippen LogP contribution in [0.3, 0.4) is 0 Å². The van der Waals surface area contributed by atoms with Crippen LogP contribution in [0.2, 0.25) is 10.0 Å². The maximum atomic E-state index is 6.23. The Hall–Kier alpha value is -2.09. The molecule has 0 spiro atoms. The second kappa shape index (κ2) is 9.61. The Morgan fingerprint density at radius 3 is 2.07 bits per heavy atom. The predicted octanol–water partition coefficient (Wildman–Crippen LogP) is 4.54. The minimum Gasteiger partial charge on any atom is -0.493 e. The largest absolute Gasteiger partial charge is 0.493 e. The molecule has 0 radical (unpaired) electrons. The molecule has 2 aromatic carbocycles. The molecule has 0 atom stereocenters. The van der Waals surface area contributed by atoms with Crippen LogP contribution in [0, 0.1) is 0 Å². The number of nitrogens with zero attached hydrogens (tertiary/aromatic N) is 2. The van der Waals surface area contributed by atoms with Gasteiger partial charge in [0.15, 0.2) is 16.6 Å². The summed E-state index contributed by atoms with van der Waals surface area (Å²) in [6, 6.07) is 9.21. The highest BCUT2D eigenvalue weighted by atomic mass is 35.5. The van der Waals surface area contributed by atoms with Gasteiger partial charge in [0.2, 0.25) is 5.75 Å². The molecule has 1 N–H and O–H groups in total. The summed E-state index contributed by atoms with van der Waals surface area (Å²) in [6.07, 6.45) is 0. The van der Waals surface area contributed by atoms with E-state index in [1.807, 2.05) is 18.2 Å². The zero-order valence-electron chi connectivity index (χ0n) is 16.5. The molecule has 0 bridgehead atoms. The van der Waals surface area contributed by atoms with Gasteiger partial charge >= 0.3 is 0 Å². The summed E-state index contributed by atoms with van der Waals surface area (Å²) in [6.45, 7) is 3.14. The van der Waals surface area contributed by atoms with Crippen LogP contribution in [0.4, 0.5) is 11.4 Å². The Labute approximate surface area is 186 Å². The molecule has 9 heteroatoms. The van der Waals surface area contributed by atoms with Crippen LogP contribution in [0.25, 0.3) is 0 Å². The maximum Gasteiger partial charge on any atom is 0.203 e. The summed E-state index contributed by atoms with van der Waals surface area (Å²) < 4.78 is 16.3. The van der Waals surface area contributed by atoms with Crippen LogP contribution in [0.1, 0.15) is 0 Å². The van der Waals surface area contributed by atoms with Gasteiger partial charge in [-0.1, -0.05) is 23.2 Å². The molecule has 1 aliphatic rings. The van der Waals surface area contributed by atoms with Gasteiger partial charge < -0.3 is 29.3 Å². The summed E-state index contributed by atoms with van der Waals surface area (Å²) in [4.78, 5) is 4.38. The summed E-state index contributed by atoms with van der Waals surface area (Å²) in [5, 5.41) is 4.97. The number of hydrogen-bond donors (Lipinski definition) is 1. The van der Waals surface area contributed by atoms with Gasteiger partial charge in [0.1, 0.15) is 0 Å². The van der Waals surface area contributed by atoms with Crippen molar-refractivity contribution in [2.75, 3.05) is 57.7 Å². The first-order valence-electron chi connectivity index (χ1n) is 9.02. The Kier molecular flexibility index (Phi) is 7.16. The molecule has 0 unspecified atom stereocenters. The molecule has 156 valence electrons. The van der Waals surface area contributed by atoms with Gasteiger partial charge in [-0.25, -0.2) is 0 Å². The van der Waals surface area contributed by atoms with Gasteiger partial charge in [-0.2, -0.15) is 0 Å². The van der Waals surface area contributed by atoms with Gasteiger partial charge in [-0.05, 0) is 30.4 Å². The van der Waals surface area contributed by atoms with Crippen LogP contribution in [-0.2, 0) is 0 Å². The van der Waals surface area contributed by atoms with Crippen molar-refractivity contribution in [3.8, 4) is 17.2 Å². The van der Waals surface area contributed by atoms with Gasteiger partial charge in [-0.3, -0.25) is 0 Å². The number of benzene rings is 2. The van der Waals surface area contributed by atoms with E-state index in [-0.39, 0.29) is 0 Å². The molecular formula is C20H23Cl2N3O3S. The molecule has 3 rings (SSSR count). The van der Waals surface area contributed by atoms with Gasteiger partial charge in [0, 0.05) is 49.0 Å². The van der Waals surface area contributed by atoms with E-state index in [1.54, 1.807) is 33.5 Å². The number of methoxy groups -OCH3 is 3. The fourth-order valence-electron chi connectivity index (χ4n) is 3.20. The molecule has 2 aromatic rings. The summed E-state index contributed by atoms with van der Waals surface area (Å²) in [5.74, 6) is 1.86. The lowest BCUT2D eigenvalue weighted by Crippen LogP contribution is -2.50. The quantitative estimate of drug-likeness (QED) is 0.663. The Morgan fingerprint density at radius 2 is 1.55 bits per heavy atom. The number of nitrogens with one attached hydrogen (secondary N) is 1. The van der Waals surface area contributed by atoms with Crippen molar-refractivity contribution >= 4 is 51.9 Å². The number of rotatable bonds is 5. The number of ether oxygens (including phenoxy) is 3. The fourth-order valence-corrected chi connectivity index (χ4v) is 3.95. The van der Waals surface area contributed by atoms with E-state index in [0.717, 1.165) is 37.6 Å². The van der Waals surface area contributed by atoms with E-state index in [2.05, 4.69) is 15.1 Å². The second-order valence-electron chi connectivity index (χ2n) is 6.41. The summed E-state index contributed by atoms with van der Waals surface area (Å²) in [5.41, 5.74) is 1.76. The highest BCUT2D eigenvalue weighted by molar-refractivity contribution is 7.80. The SMILES string of the molecule is COc1cc(N2CCN(C(=S)Nc3ccc(Cl)cc3Cl)CC2)cc(OC)c1OC. The molecule has 29 heavy (non-hydrogen) atoms. The van der Waals surface area contributed by atoms with Gasteiger partial charge in [0.25, 0.3) is 0 Å². The maximum absolute atomic E-state index is 6.23. The lowest BCUT2D eigenvalue weighted by molar-refractivity contribution is 0.324. The lowest BCUT2D eigenvalue weighted by Gasteiger charge is -2.37. The van der Waals surface area contributed by atoms with Crippen molar-refractivity contribution < 1.29 is 14.2 Å². The predicted molar refractivity (Wildman–Crippen MR) is 123 cm³/mol. The number of halogens is 2. The van der Waals surface area contributed by atoms with E-state index in [4.69, 9.17) is 49.6 Å². The molecular weight excluding hydrogens is 433 g/mol. The average Bonchev–Trinajstić information content (AvgIpc) is 2.74. The molecule has 1 fully saturated rings. The zero-order valence-corrected chi connectivity index (χ0v) is 18.8. The third kappa shape index (κ3) is 4.91. The molecule has 0 saturated carbocycles. The van der Waals surface area contributed by atoms with Crippen LogP contribution < -0.4 is 24.4 Å². The minimum atomic E-state index is 0.538. The van der Waals surface area contributed by atoms with Gasteiger partial charge in [0.05, 0.1) is 32.0 Å². The van der Waals surface area contributed by atoms with E-state index in [0.29, 0.717) is 32.4 Å². The normalized spacial score (nSPS) is 13.8. The first kappa shape index (κ1) is 21.6. The highest BCUT2D eigenvalue weighted by Gasteiger charge is 2.22. The first-order valence-corrected chi connectivity index (χ1v) is 10.2. The summed E-state index contributed by atoms with van der Waals surface area (Å²) in [7, 11) is 4.83. The van der Waals surface area contributed by atoms with Crippen LogP contribution in [-0.4, -0.2) is 57.5 Å². The Morgan fingerprint density at radius 1 is 0.931 bits per heavy atom. The van der Waals surface area contributed by atoms with Crippen molar-refractivity contribution in [3.05, 3.63) is 40.4 Å². The molecule has 0 amide bonds. The monoisotopic (exact) mass is 455 g/mol. The van der Waals surface area contributed by atoms with Crippen LogP contribution in [0.5, 0.6) is 17.2 Å². The summed E-state index contributed by atoms with van der Waals surface area (Å²) >= 11 is 17.7. The Balaban J connectivity index is 1.66. The standard InChI is InChI=1S/C20H23Cl2N3O3S/c1-26-17-11-14(12-18(27-2)19(17)28-3)24-6-8-25(9-7-24)20(29)23-16-5-4-13(21)10-15(16)22/h4-5,10-12H,6-9H2,1-3H3,(H,23,29). The number of hydrogen-bond acceptors (Lipinski definition) is 5. The van der Waals surface area contributed by atoms with Crippen molar-refractivity contribution in [1.29, 1.82) is 0 Å². The van der Waals surface area contributed by atoms with Gasteiger partial charge in [-0.15, -0.1) is 0 Å². The molecule has 0 aliphatic carbocycles. The van der Waals surface area contributed by atoms with Crippen molar-refractivity contribution in [1.82, 2.24) is 4.90 Å². The third-order valence-electron chi connectivity index (χ3n) is 4.75. The molecule has 1 heterocycles.